The van der Waals surface area contributed by atoms with Crippen molar-refractivity contribution in [2.45, 2.75) is 16.8 Å². The second kappa shape index (κ2) is 5.25. The number of anilines is 1. The van der Waals surface area contributed by atoms with E-state index in [2.05, 4.69) is 14.9 Å². The fourth-order valence-corrected chi connectivity index (χ4v) is 3.68. The van der Waals surface area contributed by atoms with Gasteiger partial charge in [0.15, 0.2) is 14.9 Å². The number of hydrogen-bond donors (Lipinski definition) is 2. The highest BCUT2D eigenvalue weighted by molar-refractivity contribution is 7.93. The third kappa shape index (κ3) is 2.83. The quantitative estimate of drug-likeness (QED) is 0.855. The van der Waals surface area contributed by atoms with Crippen molar-refractivity contribution in [3.05, 3.63) is 36.5 Å². The Morgan fingerprint density at radius 3 is 2.45 bits per heavy atom. The van der Waals surface area contributed by atoms with Gasteiger partial charge in [-0.05, 0) is 18.2 Å². The van der Waals surface area contributed by atoms with Crippen LogP contribution in [0.2, 0.25) is 0 Å². The number of nitrogens with one attached hydrogen (secondary N) is 2. The molecule has 0 amide bonds. The minimum atomic E-state index is -3.89. The Morgan fingerprint density at radius 1 is 1.15 bits per heavy atom. The molecule has 7 nitrogen and oxygen atoms in total. The smallest absolute Gasteiger partial charge is 0.277 e. The predicted molar refractivity (Wildman–Crippen MR) is 73.6 cm³/mol. The Labute approximate surface area is 117 Å². The van der Waals surface area contributed by atoms with Crippen LogP contribution in [0.3, 0.4) is 0 Å². The van der Waals surface area contributed by atoms with Gasteiger partial charge in [0.25, 0.3) is 10.0 Å². The Hall–Kier alpha value is -1.87. The molecule has 0 atom stereocenters. The van der Waals surface area contributed by atoms with Crippen LogP contribution in [-0.2, 0) is 19.9 Å². The van der Waals surface area contributed by atoms with E-state index in [9.17, 15) is 16.8 Å². The van der Waals surface area contributed by atoms with Crippen LogP contribution < -0.4 is 4.72 Å². The number of hydrogen-bond acceptors (Lipinski definition) is 5. The number of sulfone groups is 1. The van der Waals surface area contributed by atoms with E-state index in [0.717, 1.165) is 0 Å². The molecule has 0 fully saturated rings. The lowest BCUT2D eigenvalue weighted by Gasteiger charge is -2.11. The van der Waals surface area contributed by atoms with Crippen LogP contribution in [0, 0.1) is 0 Å². The summed E-state index contributed by atoms with van der Waals surface area (Å²) in [6.07, 6.45) is 1.29. The fourth-order valence-electron chi connectivity index (χ4n) is 1.57. The number of sulfonamides is 1. The highest BCUT2D eigenvalue weighted by Gasteiger charge is 2.21. The van der Waals surface area contributed by atoms with Gasteiger partial charge < -0.3 is 0 Å². The molecule has 9 heteroatoms. The summed E-state index contributed by atoms with van der Waals surface area (Å²) in [5, 5.41) is 5.74. The summed E-state index contributed by atoms with van der Waals surface area (Å²) in [5.41, 5.74) is 0.0175. The standard InChI is InChI=1S/C11H13N3O4S2/c1-2-19(15,16)10-6-4-3-5-9(10)14-20(17,18)11-7-8-12-13-11/h3-8,14H,2H2,1H3,(H,12,13). The van der Waals surface area contributed by atoms with Crippen LogP contribution in [0.4, 0.5) is 5.69 Å². The summed E-state index contributed by atoms with van der Waals surface area (Å²) in [6.45, 7) is 1.50. The van der Waals surface area contributed by atoms with E-state index in [1.54, 1.807) is 6.07 Å². The Kier molecular flexibility index (Phi) is 3.82. The number of nitrogens with zero attached hydrogens (tertiary/aromatic N) is 1. The van der Waals surface area contributed by atoms with Crippen molar-refractivity contribution in [2.24, 2.45) is 0 Å². The maximum Gasteiger partial charge on any atom is 0.278 e. The van der Waals surface area contributed by atoms with Gasteiger partial charge in [0.1, 0.15) is 0 Å². The second-order valence-electron chi connectivity index (χ2n) is 3.93. The largest absolute Gasteiger partial charge is 0.278 e. The molecule has 20 heavy (non-hydrogen) atoms. The van der Waals surface area contributed by atoms with Gasteiger partial charge in [-0.3, -0.25) is 9.82 Å². The highest BCUT2D eigenvalue weighted by Crippen LogP contribution is 2.24. The number of H-pyrrole nitrogens is 1. The molecule has 0 saturated heterocycles. The molecule has 0 spiro atoms. The predicted octanol–water partition coefficient (Wildman–Crippen LogP) is 1.00. The molecule has 2 rings (SSSR count). The normalized spacial score (nSPS) is 12.2. The van der Waals surface area contributed by atoms with Crippen LogP contribution in [0.15, 0.2) is 46.5 Å². The molecule has 1 aromatic heterocycles. The van der Waals surface area contributed by atoms with Crippen molar-refractivity contribution >= 4 is 25.5 Å². The number of aromatic nitrogens is 2. The number of benzene rings is 1. The Morgan fingerprint density at radius 2 is 1.85 bits per heavy atom. The van der Waals surface area contributed by atoms with Gasteiger partial charge in [0.2, 0.25) is 0 Å². The van der Waals surface area contributed by atoms with Crippen LogP contribution in [-0.4, -0.2) is 32.8 Å². The molecule has 0 saturated carbocycles. The third-order valence-corrected chi connectivity index (χ3v) is 5.69. The minimum Gasteiger partial charge on any atom is -0.277 e. The van der Waals surface area contributed by atoms with Gasteiger partial charge >= 0.3 is 0 Å². The van der Waals surface area contributed by atoms with E-state index in [1.165, 1.54) is 37.4 Å². The second-order valence-corrected chi connectivity index (χ2v) is 7.82. The van der Waals surface area contributed by atoms with E-state index in [-0.39, 0.29) is 21.4 Å². The monoisotopic (exact) mass is 315 g/mol. The minimum absolute atomic E-state index is 0.0175. The first-order valence-corrected chi connectivity index (χ1v) is 8.84. The van der Waals surface area contributed by atoms with Gasteiger partial charge in [0.05, 0.1) is 22.5 Å². The van der Waals surface area contributed by atoms with Gasteiger partial charge in [-0.25, -0.2) is 8.42 Å². The zero-order valence-corrected chi connectivity index (χ0v) is 12.2. The van der Waals surface area contributed by atoms with Gasteiger partial charge in [0, 0.05) is 0 Å². The third-order valence-electron chi connectivity index (χ3n) is 2.61. The van der Waals surface area contributed by atoms with Crippen LogP contribution in [0.1, 0.15) is 6.92 Å². The van der Waals surface area contributed by atoms with Crippen molar-refractivity contribution < 1.29 is 16.8 Å². The molecule has 2 N–H and O–H groups in total. The molecule has 108 valence electrons. The van der Waals surface area contributed by atoms with Crippen molar-refractivity contribution in [1.29, 1.82) is 0 Å². The van der Waals surface area contributed by atoms with Gasteiger partial charge in [-0.2, -0.15) is 13.5 Å². The summed E-state index contributed by atoms with van der Waals surface area (Å²) >= 11 is 0. The molecular formula is C11H13N3O4S2. The zero-order chi connectivity index (χ0) is 14.8. The number of aromatic amines is 1. The lowest BCUT2D eigenvalue weighted by Crippen LogP contribution is -2.16. The number of rotatable bonds is 5. The summed E-state index contributed by atoms with van der Waals surface area (Å²) < 4.78 is 50.2. The molecule has 0 unspecified atom stereocenters. The first-order chi connectivity index (χ1) is 9.37. The molecule has 1 heterocycles. The van der Waals surface area contributed by atoms with Crippen molar-refractivity contribution in [2.75, 3.05) is 10.5 Å². The fraction of sp³-hybridized carbons (Fsp3) is 0.182. The Balaban J connectivity index is 2.46. The average Bonchev–Trinajstić information content (AvgIpc) is 2.93. The summed E-state index contributed by atoms with van der Waals surface area (Å²) in [4.78, 5) is -0.0504. The van der Waals surface area contributed by atoms with Gasteiger partial charge in [-0.15, -0.1) is 0 Å². The first kappa shape index (κ1) is 14.5. The average molecular weight is 315 g/mol. The van der Waals surface area contributed by atoms with Crippen LogP contribution in [0.5, 0.6) is 0 Å². The molecule has 0 aliphatic heterocycles. The number of para-hydroxylation sites is 1. The molecule has 0 radical (unpaired) electrons. The maximum atomic E-state index is 12.1. The van der Waals surface area contributed by atoms with Crippen molar-refractivity contribution in [3.8, 4) is 0 Å². The topological polar surface area (TPSA) is 109 Å². The Bertz CT molecular complexity index is 796. The van der Waals surface area contributed by atoms with Crippen LogP contribution in [0.25, 0.3) is 0 Å². The van der Waals surface area contributed by atoms with E-state index < -0.39 is 19.9 Å². The SMILES string of the molecule is CCS(=O)(=O)c1ccccc1NS(=O)(=O)c1ccn[nH]1. The molecular weight excluding hydrogens is 302 g/mol. The lowest BCUT2D eigenvalue weighted by atomic mass is 10.3. The molecule has 0 aliphatic carbocycles. The zero-order valence-electron chi connectivity index (χ0n) is 10.6. The van der Waals surface area contributed by atoms with Crippen LogP contribution >= 0.6 is 0 Å². The van der Waals surface area contributed by atoms with Gasteiger partial charge in [-0.1, -0.05) is 19.1 Å². The van der Waals surface area contributed by atoms with Crippen molar-refractivity contribution in [1.82, 2.24) is 10.2 Å². The molecule has 0 aliphatic rings. The molecule has 0 bridgehead atoms. The first-order valence-electron chi connectivity index (χ1n) is 5.71. The summed E-state index contributed by atoms with van der Waals surface area (Å²) in [5.74, 6) is -0.115. The van der Waals surface area contributed by atoms with Crippen molar-refractivity contribution in [3.63, 3.8) is 0 Å². The maximum absolute atomic E-state index is 12.1. The molecule has 2 aromatic rings. The van der Waals surface area contributed by atoms with E-state index in [0.29, 0.717) is 0 Å². The summed E-state index contributed by atoms with van der Waals surface area (Å²) in [7, 11) is -7.42. The highest BCUT2D eigenvalue weighted by atomic mass is 32.2. The summed E-state index contributed by atoms with van der Waals surface area (Å²) in [6, 6.07) is 7.13. The van der Waals surface area contributed by atoms with E-state index in [4.69, 9.17) is 0 Å². The van der Waals surface area contributed by atoms with E-state index in [1.807, 2.05) is 0 Å². The molecule has 1 aromatic carbocycles. The van der Waals surface area contributed by atoms with E-state index >= 15 is 0 Å². The lowest BCUT2D eigenvalue weighted by molar-refractivity contribution is 0.596.